The Hall–Kier alpha value is 0.430. The minimum absolute atomic E-state index is 0.575. The fourth-order valence-electron chi connectivity index (χ4n) is 5.06. The van der Waals surface area contributed by atoms with Crippen LogP contribution in [0.25, 0.3) is 0 Å². The van der Waals surface area contributed by atoms with Gasteiger partial charge >= 0.3 is 0 Å². The van der Waals surface area contributed by atoms with Gasteiger partial charge in [-0.05, 0) is 66.6 Å². The van der Waals surface area contributed by atoms with Crippen molar-refractivity contribution < 1.29 is 0 Å². The van der Waals surface area contributed by atoms with Crippen LogP contribution in [0.5, 0.6) is 0 Å². The summed E-state index contributed by atoms with van der Waals surface area (Å²) in [5.74, 6) is 3.39. The highest BCUT2D eigenvalue weighted by molar-refractivity contribution is 7.41. The minimum Gasteiger partial charge on any atom is -0.110 e. The molecule has 0 saturated heterocycles. The van der Waals surface area contributed by atoms with Gasteiger partial charge in [0.1, 0.15) is 0 Å². The fourth-order valence-corrected chi connectivity index (χ4v) is 7.82. The lowest BCUT2D eigenvalue weighted by Crippen LogP contribution is -2.49. The van der Waals surface area contributed by atoms with Crippen molar-refractivity contribution in [3.05, 3.63) is 0 Å². The van der Waals surface area contributed by atoms with E-state index in [1.165, 1.54) is 8.58 Å². The summed E-state index contributed by atoms with van der Waals surface area (Å²) in [4.78, 5) is 0. The Kier molecular flexibility index (Phi) is 2.27. The van der Waals surface area contributed by atoms with E-state index in [1.807, 2.05) is 0 Å². The largest absolute Gasteiger partial charge is 0.110 e. The summed E-state index contributed by atoms with van der Waals surface area (Å²) >= 11 is 0. The molecule has 0 radical (unpaired) electrons. The smallest absolute Gasteiger partial charge is 0.0109 e. The summed E-state index contributed by atoms with van der Waals surface area (Å²) in [5.41, 5.74) is 0. The van der Waals surface area contributed by atoms with Gasteiger partial charge in [0.2, 0.25) is 0 Å². The molecular formula is C14H25P. The topological polar surface area (TPSA) is 0 Å². The average molecular weight is 224 g/mol. The van der Waals surface area contributed by atoms with Crippen molar-refractivity contribution in [1.82, 2.24) is 0 Å². The van der Waals surface area contributed by atoms with Crippen molar-refractivity contribution in [2.75, 3.05) is 0 Å². The lowest BCUT2D eigenvalue weighted by molar-refractivity contribution is 0.0361. The average Bonchev–Trinajstić information content (AvgIpc) is 1.94. The number of hydrogen-bond donors (Lipinski definition) is 0. The van der Waals surface area contributed by atoms with Gasteiger partial charge in [0, 0.05) is 0 Å². The van der Waals surface area contributed by atoms with Crippen LogP contribution in [-0.4, -0.2) is 10.3 Å². The molecule has 1 atom stereocenters. The molecule has 4 fully saturated rings. The third-order valence-corrected chi connectivity index (χ3v) is 6.57. The van der Waals surface area contributed by atoms with Crippen molar-refractivity contribution in [2.45, 2.75) is 69.6 Å². The first-order chi connectivity index (χ1) is 6.94. The van der Waals surface area contributed by atoms with Crippen LogP contribution in [-0.2, 0) is 0 Å². The zero-order chi connectivity index (χ0) is 10.7. The third kappa shape index (κ3) is 1.99. The predicted octanol–water partition coefficient (Wildman–Crippen LogP) is 4.43. The molecule has 0 nitrogen and oxygen atoms in total. The summed E-state index contributed by atoms with van der Waals surface area (Å²) < 4.78 is 0. The van der Waals surface area contributed by atoms with E-state index in [2.05, 4.69) is 20.8 Å². The highest BCUT2D eigenvalue weighted by Crippen LogP contribution is 2.64. The van der Waals surface area contributed by atoms with Crippen LogP contribution in [0.2, 0.25) is 0 Å². The van der Waals surface area contributed by atoms with Gasteiger partial charge in [0.15, 0.2) is 0 Å². The number of rotatable bonds is 1. The monoisotopic (exact) mass is 224 g/mol. The molecule has 4 bridgehead atoms. The molecule has 4 rings (SSSR count). The normalized spacial score (nSPS) is 49.4. The van der Waals surface area contributed by atoms with Crippen molar-refractivity contribution in [3.8, 4) is 0 Å². The van der Waals surface area contributed by atoms with E-state index < -0.39 is 0 Å². The van der Waals surface area contributed by atoms with Gasteiger partial charge in [-0.3, -0.25) is 0 Å². The third-order valence-electron chi connectivity index (χ3n) is 4.68. The van der Waals surface area contributed by atoms with Crippen LogP contribution < -0.4 is 0 Å². The van der Waals surface area contributed by atoms with Crippen molar-refractivity contribution in [2.24, 2.45) is 17.8 Å². The summed E-state index contributed by atoms with van der Waals surface area (Å²) in [6.07, 6.45) is 9.55. The molecule has 0 aromatic rings. The molecule has 0 aromatic heterocycles. The Morgan fingerprint density at radius 2 is 1.27 bits per heavy atom. The van der Waals surface area contributed by atoms with Crippen LogP contribution >= 0.6 is 8.58 Å². The van der Waals surface area contributed by atoms with Gasteiger partial charge in [-0.1, -0.05) is 20.8 Å². The summed E-state index contributed by atoms with van der Waals surface area (Å²) in [5, 5.41) is 1.39. The van der Waals surface area contributed by atoms with Crippen LogP contribution in [0.1, 0.15) is 59.3 Å². The first-order valence-electron chi connectivity index (χ1n) is 6.73. The molecule has 0 spiro atoms. The number of hydrogen-bond acceptors (Lipinski definition) is 0. The van der Waals surface area contributed by atoms with E-state index in [4.69, 9.17) is 0 Å². The lowest BCUT2D eigenvalue weighted by atomic mass is 9.56. The SMILES string of the molecule is CC(C)(C)PC12CC3CC(CC(C3)C1)C2. The quantitative estimate of drug-likeness (QED) is 0.578. The summed E-state index contributed by atoms with van der Waals surface area (Å²) in [6, 6.07) is 0. The van der Waals surface area contributed by atoms with Gasteiger partial charge in [0.05, 0.1) is 0 Å². The predicted molar refractivity (Wildman–Crippen MR) is 69.0 cm³/mol. The van der Waals surface area contributed by atoms with E-state index in [0.29, 0.717) is 5.16 Å². The molecule has 0 amide bonds. The van der Waals surface area contributed by atoms with Crippen molar-refractivity contribution >= 4 is 8.58 Å². The Bertz CT molecular complexity index is 226. The van der Waals surface area contributed by atoms with Crippen LogP contribution in [0.15, 0.2) is 0 Å². The van der Waals surface area contributed by atoms with Crippen LogP contribution in [0, 0.1) is 17.8 Å². The zero-order valence-corrected chi connectivity index (χ0v) is 11.5. The van der Waals surface area contributed by atoms with E-state index in [9.17, 15) is 0 Å². The Morgan fingerprint density at radius 1 is 0.867 bits per heavy atom. The fraction of sp³-hybridized carbons (Fsp3) is 1.00. The molecule has 15 heavy (non-hydrogen) atoms. The molecule has 0 aromatic carbocycles. The standard InChI is InChI=1S/C14H25P/c1-13(2,3)15-14-7-10-4-11(8-14)6-12(5-10)9-14/h10-12,15H,4-9H2,1-3H3. The Labute approximate surface area is 96.4 Å². The molecule has 0 heterocycles. The molecule has 4 aliphatic rings. The maximum atomic E-state index is 2.45. The van der Waals surface area contributed by atoms with E-state index in [0.717, 1.165) is 22.9 Å². The second-order valence-electron chi connectivity index (χ2n) is 7.57. The van der Waals surface area contributed by atoms with Gasteiger partial charge in [-0.15, -0.1) is 8.58 Å². The second kappa shape index (κ2) is 3.22. The van der Waals surface area contributed by atoms with E-state index >= 15 is 0 Å². The first-order valence-corrected chi connectivity index (χ1v) is 7.73. The van der Waals surface area contributed by atoms with Gasteiger partial charge in [-0.2, -0.15) is 0 Å². The van der Waals surface area contributed by atoms with Gasteiger partial charge < -0.3 is 0 Å². The molecule has 0 N–H and O–H groups in total. The molecular weight excluding hydrogens is 199 g/mol. The van der Waals surface area contributed by atoms with Crippen LogP contribution in [0.3, 0.4) is 0 Å². The molecule has 4 aliphatic carbocycles. The highest BCUT2D eigenvalue weighted by atomic mass is 31.1. The van der Waals surface area contributed by atoms with Gasteiger partial charge in [0.25, 0.3) is 0 Å². The van der Waals surface area contributed by atoms with Crippen molar-refractivity contribution in [3.63, 3.8) is 0 Å². The van der Waals surface area contributed by atoms with E-state index in [1.54, 1.807) is 38.5 Å². The summed E-state index contributed by atoms with van der Waals surface area (Å²) in [7, 11) is 1.21. The second-order valence-corrected chi connectivity index (χ2v) is 10.4. The van der Waals surface area contributed by atoms with Crippen molar-refractivity contribution in [1.29, 1.82) is 0 Å². The van der Waals surface area contributed by atoms with Crippen LogP contribution in [0.4, 0.5) is 0 Å². The molecule has 0 aliphatic heterocycles. The van der Waals surface area contributed by atoms with Gasteiger partial charge in [-0.25, -0.2) is 0 Å². The first kappa shape index (κ1) is 10.6. The molecule has 86 valence electrons. The molecule has 4 saturated carbocycles. The lowest BCUT2D eigenvalue weighted by Gasteiger charge is -2.58. The molecule has 1 unspecified atom stereocenters. The van der Waals surface area contributed by atoms with E-state index in [-0.39, 0.29) is 0 Å². The Morgan fingerprint density at radius 3 is 1.60 bits per heavy atom. The summed E-state index contributed by atoms with van der Waals surface area (Å²) in [6.45, 7) is 7.35. The Balaban J connectivity index is 1.81. The minimum atomic E-state index is 0.575. The maximum Gasteiger partial charge on any atom is -0.0109 e. The molecule has 1 heteroatoms. The zero-order valence-electron chi connectivity index (χ0n) is 10.5. The maximum absolute atomic E-state index is 2.45. The highest BCUT2D eigenvalue weighted by Gasteiger charge is 2.51.